The Morgan fingerprint density at radius 3 is 2.92 bits per heavy atom. The van der Waals surface area contributed by atoms with Crippen molar-refractivity contribution in [3.63, 3.8) is 0 Å². The van der Waals surface area contributed by atoms with Gasteiger partial charge in [-0.3, -0.25) is 14.7 Å². The van der Waals surface area contributed by atoms with Gasteiger partial charge in [0.25, 0.3) is 5.56 Å². The molecule has 0 aliphatic rings. The van der Waals surface area contributed by atoms with Crippen LogP contribution in [0.3, 0.4) is 0 Å². The number of nitrogens with one attached hydrogen (secondary N) is 1. The van der Waals surface area contributed by atoms with Crippen molar-refractivity contribution in [2.75, 3.05) is 7.11 Å². The summed E-state index contributed by atoms with van der Waals surface area (Å²) in [6, 6.07) is 3.16. The second-order valence-corrected chi connectivity index (χ2v) is 5.93. The maximum Gasteiger partial charge on any atom is 0.303 e. The van der Waals surface area contributed by atoms with Crippen molar-refractivity contribution in [2.45, 2.75) is 12.8 Å². The van der Waals surface area contributed by atoms with Crippen LogP contribution in [0.2, 0.25) is 0 Å². The van der Waals surface area contributed by atoms with Gasteiger partial charge in [0.2, 0.25) is 4.77 Å². The summed E-state index contributed by atoms with van der Waals surface area (Å²) in [4.78, 5) is 22.9. The average Bonchev–Trinajstić information content (AvgIpc) is 2.57. The van der Waals surface area contributed by atoms with E-state index in [2.05, 4.69) is 31.2 Å². The lowest BCUT2D eigenvalue weighted by Crippen LogP contribution is -2.25. The molecule has 0 unspecified atom stereocenters. The molecular formula is C14H13BrN4O5S. The number of halogens is 1. The maximum atomic E-state index is 12.3. The molecule has 0 aliphatic carbocycles. The van der Waals surface area contributed by atoms with E-state index in [4.69, 9.17) is 22.1 Å². The van der Waals surface area contributed by atoms with Gasteiger partial charge in [-0.1, -0.05) is 0 Å². The predicted molar refractivity (Wildman–Crippen MR) is 95.0 cm³/mol. The Kier molecular flexibility index (Phi) is 6.04. The third-order valence-corrected chi connectivity index (χ3v) is 4.23. The Morgan fingerprint density at radius 2 is 2.28 bits per heavy atom. The third kappa shape index (κ3) is 4.31. The Morgan fingerprint density at radius 1 is 1.56 bits per heavy atom. The first-order valence-electron chi connectivity index (χ1n) is 6.87. The smallest absolute Gasteiger partial charge is 0.303 e. The fourth-order valence-corrected chi connectivity index (χ4v) is 2.47. The minimum absolute atomic E-state index is 0.00444. The largest absolute Gasteiger partial charge is 0.503 e. The summed E-state index contributed by atoms with van der Waals surface area (Å²) >= 11 is 8.20. The zero-order valence-corrected chi connectivity index (χ0v) is 15.3. The molecule has 25 heavy (non-hydrogen) atoms. The van der Waals surface area contributed by atoms with Crippen LogP contribution in [0.4, 0.5) is 0 Å². The van der Waals surface area contributed by atoms with Crippen molar-refractivity contribution < 1.29 is 19.7 Å². The highest BCUT2D eigenvalue weighted by molar-refractivity contribution is 9.10. The minimum atomic E-state index is -1.05. The summed E-state index contributed by atoms with van der Waals surface area (Å²) in [6.45, 7) is 0. The first kappa shape index (κ1) is 18.8. The van der Waals surface area contributed by atoms with Crippen molar-refractivity contribution in [3.8, 4) is 11.5 Å². The van der Waals surface area contributed by atoms with Crippen molar-refractivity contribution in [2.24, 2.45) is 5.10 Å². The number of nitrogens with zero attached hydrogens (tertiary/aromatic N) is 3. The van der Waals surface area contributed by atoms with Gasteiger partial charge in [-0.2, -0.15) is 14.9 Å². The molecule has 0 atom stereocenters. The first-order chi connectivity index (χ1) is 11.8. The van der Waals surface area contributed by atoms with Crippen LogP contribution >= 0.6 is 28.1 Å². The van der Waals surface area contributed by atoms with Crippen LogP contribution < -0.4 is 10.3 Å². The van der Waals surface area contributed by atoms with Gasteiger partial charge in [-0.05, 0) is 40.3 Å². The molecule has 0 radical (unpaired) electrons. The van der Waals surface area contributed by atoms with Gasteiger partial charge in [0.15, 0.2) is 11.5 Å². The molecule has 0 spiro atoms. The average molecular weight is 429 g/mol. The van der Waals surface area contributed by atoms with Gasteiger partial charge in [-0.25, -0.2) is 0 Å². The number of phenols is 1. The normalized spacial score (nSPS) is 11.0. The summed E-state index contributed by atoms with van der Waals surface area (Å²) in [5.74, 6) is -0.879. The molecular weight excluding hydrogens is 416 g/mol. The van der Waals surface area contributed by atoms with E-state index in [0.717, 1.165) is 4.68 Å². The fraction of sp³-hybridized carbons (Fsp3) is 0.214. The van der Waals surface area contributed by atoms with Crippen LogP contribution in [-0.2, 0) is 11.2 Å². The highest BCUT2D eigenvalue weighted by atomic mass is 79.9. The predicted octanol–water partition coefficient (Wildman–Crippen LogP) is 1.68. The number of carboxylic acids is 1. The van der Waals surface area contributed by atoms with Gasteiger partial charge in [0.05, 0.1) is 24.2 Å². The molecule has 1 heterocycles. The maximum absolute atomic E-state index is 12.3. The number of carboxylic acid groups (broad SMARTS) is 1. The monoisotopic (exact) mass is 428 g/mol. The molecule has 0 saturated carbocycles. The Hall–Kier alpha value is -2.53. The van der Waals surface area contributed by atoms with Crippen LogP contribution in [0.1, 0.15) is 17.7 Å². The number of benzene rings is 1. The number of methoxy groups -OCH3 is 1. The molecule has 0 fully saturated rings. The van der Waals surface area contributed by atoms with E-state index in [0.29, 0.717) is 10.0 Å². The molecule has 0 aliphatic heterocycles. The lowest BCUT2D eigenvalue weighted by Gasteiger charge is -2.07. The molecule has 1 aromatic heterocycles. The zero-order valence-electron chi connectivity index (χ0n) is 12.9. The van der Waals surface area contributed by atoms with E-state index >= 15 is 0 Å². The van der Waals surface area contributed by atoms with Crippen LogP contribution in [0.25, 0.3) is 0 Å². The number of aromatic hydroxyl groups is 1. The van der Waals surface area contributed by atoms with Crippen LogP contribution in [0, 0.1) is 4.77 Å². The van der Waals surface area contributed by atoms with Crippen molar-refractivity contribution in [1.82, 2.24) is 14.9 Å². The van der Waals surface area contributed by atoms with Crippen molar-refractivity contribution in [1.29, 1.82) is 0 Å². The van der Waals surface area contributed by atoms with E-state index in [1.165, 1.54) is 19.4 Å². The molecule has 2 aromatic rings. The summed E-state index contributed by atoms with van der Waals surface area (Å²) in [6.07, 6.45) is 1.02. The molecule has 132 valence electrons. The number of aromatic amines is 1. The number of aryl methyl sites for hydroxylation is 1. The topological polar surface area (TPSA) is 130 Å². The Balaban J connectivity index is 2.40. The number of phenolic OH excluding ortho intramolecular Hbond substituents is 1. The molecule has 2 rings (SSSR count). The first-order valence-corrected chi connectivity index (χ1v) is 8.07. The summed E-state index contributed by atoms with van der Waals surface area (Å²) in [5.41, 5.74) is -0.136. The van der Waals surface area contributed by atoms with Gasteiger partial charge in [0, 0.05) is 12.0 Å². The zero-order chi connectivity index (χ0) is 18.6. The molecule has 1 aromatic carbocycles. The number of rotatable bonds is 6. The van der Waals surface area contributed by atoms with Gasteiger partial charge in [0.1, 0.15) is 5.69 Å². The third-order valence-electron chi connectivity index (χ3n) is 3.13. The summed E-state index contributed by atoms with van der Waals surface area (Å²) in [5, 5.41) is 28.9. The van der Waals surface area contributed by atoms with Gasteiger partial charge < -0.3 is 14.9 Å². The summed E-state index contributed by atoms with van der Waals surface area (Å²) in [7, 11) is 1.42. The van der Waals surface area contributed by atoms with E-state index in [1.807, 2.05) is 0 Å². The lowest BCUT2D eigenvalue weighted by atomic mass is 10.2. The number of hydrogen-bond donors (Lipinski definition) is 3. The number of aliphatic carboxylic acids is 1. The quantitative estimate of drug-likeness (QED) is 0.471. The van der Waals surface area contributed by atoms with E-state index in [9.17, 15) is 14.7 Å². The number of ether oxygens (including phenoxy) is 1. The number of aromatic nitrogens is 3. The number of carbonyl (C=O) groups is 1. The van der Waals surface area contributed by atoms with Crippen LogP contribution in [-0.4, -0.2) is 44.4 Å². The van der Waals surface area contributed by atoms with E-state index in [1.54, 1.807) is 6.07 Å². The SMILES string of the molecule is COc1ccc(/C=N\n2c(=S)[nH]nc(CCC(=O)O)c2=O)c(Br)c1O. The van der Waals surface area contributed by atoms with E-state index in [-0.39, 0.29) is 34.8 Å². The van der Waals surface area contributed by atoms with Crippen molar-refractivity contribution in [3.05, 3.63) is 43.0 Å². The standard InChI is InChI=1S/C14H13BrN4O5S/c1-24-9-4-2-7(11(15)12(9)22)6-16-19-13(23)8(3-5-10(20)21)17-18-14(19)25/h2,4,6,22H,3,5H2,1H3,(H,18,25)(H,20,21)/b16-6-. The molecule has 0 bridgehead atoms. The highest BCUT2D eigenvalue weighted by Gasteiger charge is 2.11. The second kappa shape index (κ2) is 8.03. The number of H-pyrrole nitrogens is 1. The summed E-state index contributed by atoms with van der Waals surface area (Å²) < 4.78 is 6.17. The Labute approximate surface area is 154 Å². The molecule has 0 amide bonds. The minimum Gasteiger partial charge on any atom is -0.503 e. The number of hydrogen-bond acceptors (Lipinski definition) is 7. The fourth-order valence-electron chi connectivity index (χ4n) is 1.86. The van der Waals surface area contributed by atoms with Gasteiger partial charge >= 0.3 is 5.97 Å². The van der Waals surface area contributed by atoms with Crippen LogP contribution in [0.15, 0.2) is 26.5 Å². The van der Waals surface area contributed by atoms with Crippen molar-refractivity contribution >= 4 is 40.3 Å². The molecule has 3 N–H and O–H groups in total. The molecule has 11 heteroatoms. The Bertz CT molecular complexity index is 953. The second-order valence-electron chi connectivity index (χ2n) is 4.75. The highest BCUT2D eigenvalue weighted by Crippen LogP contribution is 2.35. The molecule has 9 nitrogen and oxygen atoms in total. The molecule has 0 saturated heterocycles. The lowest BCUT2D eigenvalue weighted by molar-refractivity contribution is -0.136. The van der Waals surface area contributed by atoms with E-state index < -0.39 is 11.5 Å². The van der Waals surface area contributed by atoms with Gasteiger partial charge in [-0.15, -0.1) is 0 Å². The van der Waals surface area contributed by atoms with Crippen LogP contribution in [0.5, 0.6) is 11.5 Å².